The number of halogens is 4. The van der Waals surface area contributed by atoms with Gasteiger partial charge in [-0.2, -0.15) is 13.2 Å². The van der Waals surface area contributed by atoms with Gasteiger partial charge in [0.25, 0.3) is 5.91 Å². The molecule has 0 unspecified atom stereocenters. The van der Waals surface area contributed by atoms with Crippen molar-refractivity contribution in [2.24, 2.45) is 0 Å². The van der Waals surface area contributed by atoms with E-state index in [4.69, 9.17) is 26.1 Å². The van der Waals surface area contributed by atoms with Crippen LogP contribution in [0.5, 0.6) is 5.88 Å². The molecule has 3 aliphatic rings. The number of ether oxygens (including phenoxy) is 2. The van der Waals surface area contributed by atoms with E-state index in [1.807, 2.05) is 18.7 Å². The van der Waals surface area contributed by atoms with Gasteiger partial charge in [-0.15, -0.1) is 0 Å². The molecule has 3 fully saturated rings. The van der Waals surface area contributed by atoms with Crippen LogP contribution in [0.3, 0.4) is 0 Å². The Balaban J connectivity index is 1.35. The van der Waals surface area contributed by atoms with Crippen LogP contribution in [0.1, 0.15) is 36.3 Å². The molecule has 47 heavy (non-hydrogen) atoms. The number of aromatic nitrogens is 2. The predicted octanol–water partition coefficient (Wildman–Crippen LogP) is 4.62. The number of aliphatic hydroxyl groups is 1. The lowest BCUT2D eigenvalue weighted by molar-refractivity contribution is -0.173. The Morgan fingerprint density at radius 3 is 2.57 bits per heavy atom. The Labute approximate surface area is 274 Å². The number of alkyl halides is 3. The molecule has 0 radical (unpaired) electrons. The van der Waals surface area contributed by atoms with Crippen LogP contribution in [0, 0.1) is 0 Å². The van der Waals surface area contributed by atoms with E-state index in [1.54, 1.807) is 35.4 Å². The summed E-state index contributed by atoms with van der Waals surface area (Å²) >= 11 is 5.90. The number of fused-ring (bicyclic) bond motifs is 1. The maximum atomic E-state index is 14.0. The molecule has 0 saturated carbocycles. The Bertz CT molecular complexity index is 1670. The molecule has 0 bridgehead atoms. The van der Waals surface area contributed by atoms with Gasteiger partial charge in [-0.25, -0.2) is 14.8 Å². The number of hydrogen-bond donors (Lipinski definition) is 2. The fraction of sp³-hybridized carbons (Fsp3) is 0.438. The molecule has 3 aliphatic heterocycles. The average Bonchev–Trinajstić information content (AvgIpc) is 3.36. The highest BCUT2D eigenvalue weighted by molar-refractivity contribution is 6.30. The highest BCUT2D eigenvalue weighted by Gasteiger charge is 2.47. The molecular weight excluding hydrogens is 641 g/mol. The van der Waals surface area contributed by atoms with Crippen LogP contribution in [-0.2, 0) is 10.9 Å². The number of hydrogen-bond acceptors (Lipinski definition) is 8. The van der Waals surface area contributed by atoms with Gasteiger partial charge in [0.1, 0.15) is 5.60 Å². The second-order valence-corrected chi connectivity index (χ2v) is 12.3. The SMILES string of the molecule is CCOc1ncccc1-c1ccc(N2C[C@H]3CN(c4ccc(Cl)cc4C(F)(F)F)C(=O)N3C[C@H]2CC)c(C(=O)NCC2(O)COC2)n1. The van der Waals surface area contributed by atoms with Gasteiger partial charge < -0.3 is 29.7 Å². The van der Waals surface area contributed by atoms with Crippen molar-refractivity contribution < 1.29 is 37.3 Å². The summed E-state index contributed by atoms with van der Waals surface area (Å²) in [5.74, 6) is -0.172. The third kappa shape index (κ3) is 6.41. The summed E-state index contributed by atoms with van der Waals surface area (Å²) in [5, 5.41) is 13.2. The molecule has 15 heteroatoms. The van der Waals surface area contributed by atoms with E-state index < -0.39 is 35.3 Å². The number of nitrogens with zero attached hydrogens (tertiary/aromatic N) is 5. The number of pyridine rings is 2. The second kappa shape index (κ2) is 12.8. The maximum absolute atomic E-state index is 14.0. The van der Waals surface area contributed by atoms with Crippen molar-refractivity contribution in [1.82, 2.24) is 20.2 Å². The van der Waals surface area contributed by atoms with Crippen molar-refractivity contribution in [2.45, 2.75) is 44.1 Å². The van der Waals surface area contributed by atoms with Gasteiger partial charge in [-0.1, -0.05) is 18.5 Å². The molecule has 2 N–H and O–H groups in total. The predicted molar refractivity (Wildman–Crippen MR) is 168 cm³/mol. The molecule has 1 aromatic carbocycles. The molecule has 0 spiro atoms. The van der Waals surface area contributed by atoms with Crippen molar-refractivity contribution >= 4 is 34.9 Å². The van der Waals surface area contributed by atoms with Crippen LogP contribution in [0.4, 0.5) is 29.3 Å². The van der Waals surface area contributed by atoms with Gasteiger partial charge in [-0.3, -0.25) is 9.69 Å². The molecule has 5 heterocycles. The van der Waals surface area contributed by atoms with Gasteiger partial charge in [0, 0.05) is 36.9 Å². The van der Waals surface area contributed by atoms with Gasteiger partial charge >= 0.3 is 12.2 Å². The molecular formula is C32H34ClF3N6O5. The molecule has 0 aliphatic carbocycles. The van der Waals surface area contributed by atoms with E-state index in [0.29, 0.717) is 35.9 Å². The highest BCUT2D eigenvalue weighted by Crippen LogP contribution is 2.41. The zero-order valence-electron chi connectivity index (χ0n) is 25.8. The fourth-order valence-electron chi connectivity index (χ4n) is 6.21. The quantitative estimate of drug-likeness (QED) is 0.338. The normalized spacial score (nSPS) is 20.6. The number of carbonyl (C=O) groups is 2. The molecule has 3 saturated heterocycles. The number of rotatable bonds is 9. The third-order valence-electron chi connectivity index (χ3n) is 8.64. The number of amides is 3. The molecule has 11 nitrogen and oxygen atoms in total. The lowest BCUT2D eigenvalue weighted by atomic mass is 10.0. The number of benzene rings is 1. The van der Waals surface area contributed by atoms with E-state index >= 15 is 0 Å². The first-order valence-corrected chi connectivity index (χ1v) is 15.7. The number of nitrogens with one attached hydrogen (secondary N) is 1. The smallest absolute Gasteiger partial charge is 0.418 e. The third-order valence-corrected chi connectivity index (χ3v) is 8.87. The fourth-order valence-corrected chi connectivity index (χ4v) is 6.38. The minimum atomic E-state index is -4.72. The Kier molecular flexibility index (Phi) is 8.94. The summed E-state index contributed by atoms with van der Waals surface area (Å²) in [6.45, 7) is 4.75. The molecule has 250 valence electrons. The average molecular weight is 675 g/mol. The van der Waals surface area contributed by atoms with Crippen LogP contribution in [-0.4, -0.2) is 95.6 Å². The van der Waals surface area contributed by atoms with Gasteiger partial charge in [0.2, 0.25) is 5.88 Å². The number of anilines is 2. The van der Waals surface area contributed by atoms with Crippen molar-refractivity contribution in [3.8, 4) is 17.1 Å². The summed E-state index contributed by atoms with van der Waals surface area (Å²) < 4.78 is 52.8. The van der Waals surface area contributed by atoms with E-state index in [2.05, 4.69) is 10.3 Å². The van der Waals surface area contributed by atoms with Gasteiger partial charge in [-0.05, 0) is 55.8 Å². The molecule has 3 amide bonds. The zero-order chi connectivity index (χ0) is 33.5. The van der Waals surface area contributed by atoms with Gasteiger partial charge in [0.05, 0.1) is 60.6 Å². The van der Waals surface area contributed by atoms with E-state index in [9.17, 15) is 27.9 Å². The summed E-state index contributed by atoms with van der Waals surface area (Å²) in [6, 6.07) is 9.15. The summed E-state index contributed by atoms with van der Waals surface area (Å²) in [6.07, 6.45) is -2.55. The minimum absolute atomic E-state index is 0.00392. The van der Waals surface area contributed by atoms with Crippen LogP contribution in [0.2, 0.25) is 5.02 Å². The second-order valence-electron chi connectivity index (χ2n) is 11.8. The lowest BCUT2D eigenvalue weighted by Crippen LogP contribution is -2.58. The van der Waals surface area contributed by atoms with E-state index in [-0.39, 0.29) is 61.8 Å². The Morgan fingerprint density at radius 1 is 1.13 bits per heavy atom. The monoisotopic (exact) mass is 674 g/mol. The number of urea groups is 1. The maximum Gasteiger partial charge on any atom is 0.418 e. The highest BCUT2D eigenvalue weighted by atomic mass is 35.5. The first-order valence-electron chi connectivity index (χ1n) is 15.3. The van der Waals surface area contributed by atoms with Crippen molar-refractivity contribution in [2.75, 3.05) is 55.8 Å². The molecule has 2 atom stereocenters. The number of carbonyl (C=O) groups excluding carboxylic acids is 2. The first-order chi connectivity index (χ1) is 22.4. The topological polar surface area (TPSA) is 120 Å². The van der Waals surface area contributed by atoms with Crippen LogP contribution < -0.4 is 19.9 Å². The molecule has 2 aromatic heterocycles. The summed E-state index contributed by atoms with van der Waals surface area (Å²) in [7, 11) is 0. The van der Waals surface area contributed by atoms with Crippen molar-refractivity contribution in [1.29, 1.82) is 0 Å². The van der Waals surface area contributed by atoms with Crippen LogP contribution in [0.15, 0.2) is 48.7 Å². The van der Waals surface area contributed by atoms with Crippen LogP contribution in [0.25, 0.3) is 11.3 Å². The van der Waals surface area contributed by atoms with Gasteiger partial charge in [0.15, 0.2) is 5.69 Å². The van der Waals surface area contributed by atoms with Crippen LogP contribution >= 0.6 is 11.6 Å². The molecule has 6 rings (SSSR count). The first kappa shape index (κ1) is 32.8. The standard InChI is InChI=1S/C32H34ClF3N6O5/c1-3-20-13-41-21(15-42(30(41)44)25-9-7-19(33)12-23(25)32(34,35)36)14-40(20)26-10-8-24(22-6-5-11-37-29(22)47-4-2)39-27(26)28(43)38-16-31(45)17-46-18-31/h5-12,20-21,45H,3-4,13-18H2,1-2H3,(H,38,43)/t20-,21+/m1/s1. The van der Waals surface area contributed by atoms with Crippen molar-refractivity contribution in [3.05, 3.63) is 64.9 Å². The molecule has 3 aromatic rings. The Morgan fingerprint density at radius 2 is 1.89 bits per heavy atom. The Hall–Kier alpha value is -4.14. The lowest BCUT2D eigenvalue weighted by Gasteiger charge is -2.44. The zero-order valence-corrected chi connectivity index (χ0v) is 26.5. The summed E-state index contributed by atoms with van der Waals surface area (Å²) in [4.78, 5) is 41.2. The summed E-state index contributed by atoms with van der Waals surface area (Å²) in [5.41, 5.74) is -0.822. The van der Waals surface area contributed by atoms with E-state index in [0.717, 1.165) is 11.0 Å². The largest absolute Gasteiger partial charge is 0.477 e. The van der Waals surface area contributed by atoms with E-state index in [1.165, 1.54) is 12.1 Å². The minimum Gasteiger partial charge on any atom is -0.477 e. The van der Waals surface area contributed by atoms with Crippen molar-refractivity contribution in [3.63, 3.8) is 0 Å². The number of piperazine rings is 1.